The molecule has 2 aromatic rings. The molecule has 1 fully saturated rings. The van der Waals surface area contributed by atoms with E-state index in [0.717, 1.165) is 24.2 Å². The largest absolute Gasteiger partial charge is 0.375 e. The summed E-state index contributed by atoms with van der Waals surface area (Å²) in [5.74, 6) is -0.278. The molecule has 2 N–H and O–H groups in total. The Labute approximate surface area is 172 Å². The third-order valence-electron chi connectivity index (χ3n) is 5.48. The lowest BCUT2D eigenvalue weighted by Gasteiger charge is -2.40. The van der Waals surface area contributed by atoms with Gasteiger partial charge in [0, 0.05) is 51.9 Å². The SMILES string of the molecule is CN(CCCC(=O)N1CCN(Cc2ccccc2)C(C(N)=O)C1)c1ccccc1. The number of hydrogen-bond donors (Lipinski definition) is 1. The number of para-hydroxylation sites is 1. The van der Waals surface area contributed by atoms with Gasteiger partial charge in [0.15, 0.2) is 0 Å². The minimum absolute atomic E-state index is 0.0945. The summed E-state index contributed by atoms with van der Waals surface area (Å²) in [6.45, 7) is 3.12. The number of rotatable bonds is 8. The van der Waals surface area contributed by atoms with Crippen molar-refractivity contribution in [1.29, 1.82) is 0 Å². The maximum atomic E-state index is 12.7. The molecule has 154 valence electrons. The van der Waals surface area contributed by atoms with Crippen molar-refractivity contribution in [3.63, 3.8) is 0 Å². The predicted octanol–water partition coefficient (Wildman–Crippen LogP) is 2.10. The molecule has 1 unspecified atom stereocenters. The molecule has 1 heterocycles. The quantitative estimate of drug-likeness (QED) is 0.744. The Balaban J connectivity index is 1.49. The molecule has 0 saturated carbocycles. The maximum absolute atomic E-state index is 12.7. The van der Waals surface area contributed by atoms with E-state index in [-0.39, 0.29) is 11.8 Å². The average molecular weight is 395 g/mol. The molecule has 1 atom stereocenters. The summed E-state index contributed by atoms with van der Waals surface area (Å²) in [6, 6.07) is 19.7. The van der Waals surface area contributed by atoms with Gasteiger partial charge >= 0.3 is 0 Å². The summed E-state index contributed by atoms with van der Waals surface area (Å²) in [6.07, 6.45) is 1.25. The third kappa shape index (κ3) is 5.81. The lowest BCUT2D eigenvalue weighted by molar-refractivity contribution is -0.137. The molecule has 2 amide bonds. The fourth-order valence-corrected chi connectivity index (χ4v) is 3.76. The normalized spacial score (nSPS) is 17.1. The van der Waals surface area contributed by atoms with Crippen molar-refractivity contribution < 1.29 is 9.59 Å². The second-order valence-corrected chi connectivity index (χ2v) is 7.57. The van der Waals surface area contributed by atoms with Crippen molar-refractivity contribution in [1.82, 2.24) is 9.80 Å². The zero-order valence-corrected chi connectivity index (χ0v) is 17.0. The molecule has 2 aromatic carbocycles. The lowest BCUT2D eigenvalue weighted by Crippen LogP contribution is -2.58. The summed E-state index contributed by atoms with van der Waals surface area (Å²) in [4.78, 5) is 30.7. The number of hydrogen-bond acceptors (Lipinski definition) is 4. The molecule has 6 nitrogen and oxygen atoms in total. The van der Waals surface area contributed by atoms with E-state index < -0.39 is 6.04 Å². The molecular weight excluding hydrogens is 364 g/mol. The first-order chi connectivity index (χ1) is 14.0. The van der Waals surface area contributed by atoms with Crippen LogP contribution in [0.4, 0.5) is 5.69 Å². The minimum Gasteiger partial charge on any atom is -0.375 e. The van der Waals surface area contributed by atoms with Crippen LogP contribution in [-0.2, 0) is 16.1 Å². The number of nitrogens with zero attached hydrogens (tertiary/aromatic N) is 3. The number of benzene rings is 2. The number of piperazine rings is 1. The highest BCUT2D eigenvalue weighted by atomic mass is 16.2. The third-order valence-corrected chi connectivity index (χ3v) is 5.48. The zero-order valence-electron chi connectivity index (χ0n) is 17.0. The highest BCUT2D eigenvalue weighted by molar-refractivity contribution is 5.82. The number of amides is 2. The smallest absolute Gasteiger partial charge is 0.236 e. The molecule has 0 aromatic heterocycles. The molecule has 0 spiro atoms. The Morgan fingerprint density at radius 3 is 2.34 bits per heavy atom. The van der Waals surface area contributed by atoms with Gasteiger partial charge in [-0.2, -0.15) is 0 Å². The molecule has 29 heavy (non-hydrogen) atoms. The molecule has 0 bridgehead atoms. The molecule has 1 aliphatic rings. The van der Waals surface area contributed by atoms with Gasteiger partial charge in [0.25, 0.3) is 0 Å². The average Bonchev–Trinajstić information content (AvgIpc) is 2.75. The Kier molecular flexibility index (Phi) is 7.25. The number of carbonyl (C=O) groups is 2. The van der Waals surface area contributed by atoms with E-state index in [2.05, 4.69) is 21.9 Å². The lowest BCUT2D eigenvalue weighted by atomic mass is 10.1. The Morgan fingerprint density at radius 1 is 1.03 bits per heavy atom. The van der Waals surface area contributed by atoms with E-state index in [0.29, 0.717) is 32.6 Å². The first-order valence-corrected chi connectivity index (χ1v) is 10.2. The van der Waals surface area contributed by atoms with Crippen LogP contribution < -0.4 is 10.6 Å². The molecule has 0 aliphatic carbocycles. The molecule has 3 rings (SSSR count). The van der Waals surface area contributed by atoms with Crippen LogP contribution in [0.25, 0.3) is 0 Å². The van der Waals surface area contributed by atoms with E-state index in [1.165, 1.54) is 0 Å². The summed E-state index contributed by atoms with van der Waals surface area (Å²) < 4.78 is 0. The van der Waals surface area contributed by atoms with Crippen LogP contribution in [0, 0.1) is 0 Å². The van der Waals surface area contributed by atoms with Gasteiger partial charge in [-0.15, -0.1) is 0 Å². The molecule has 6 heteroatoms. The summed E-state index contributed by atoms with van der Waals surface area (Å²) in [5, 5.41) is 0. The van der Waals surface area contributed by atoms with E-state index in [1.54, 1.807) is 4.90 Å². The van der Waals surface area contributed by atoms with Crippen LogP contribution in [-0.4, -0.2) is 60.9 Å². The molecule has 1 aliphatic heterocycles. The van der Waals surface area contributed by atoms with Crippen LogP contribution in [0.3, 0.4) is 0 Å². The van der Waals surface area contributed by atoms with Crippen molar-refractivity contribution >= 4 is 17.5 Å². The highest BCUT2D eigenvalue weighted by Gasteiger charge is 2.32. The van der Waals surface area contributed by atoms with Crippen LogP contribution in [0.5, 0.6) is 0 Å². The standard InChI is InChI=1S/C23H30N4O2/c1-25(20-11-6-3-7-12-20)14-8-13-22(28)27-16-15-26(21(18-27)23(24)29)17-19-9-4-2-5-10-19/h2-7,9-12,21H,8,13-18H2,1H3,(H2,24,29). The molecule has 1 saturated heterocycles. The topological polar surface area (TPSA) is 69.9 Å². The fourth-order valence-electron chi connectivity index (χ4n) is 3.76. The summed E-state index contributed by atoms with van der Waals surface area (Å²) in [5.41, 5.74) is 7.94. The zero-order chi connectivity index (χ0) is 20.6. The van der Waals surface area contributed by atoms with Gasteiger partial charge in [-0.05, 0) is 24.1 Å². The van der Waals surface area contributed by atoms with Crippen molar-refractivity contribution in [3.05, 3.63) is 66.2 Å². The van der Waals surface area contributed by atoms with E-state index >= 15 is 0 Å². The van der Waals surface area contributed by atoms with Gasteiger partial charge in [-0.1, -0.05) is 48.5 Å². The second-order valence-electron chi connectivity index (χ2n) is 7.57. The van der Waals surface area contributed by atoms with Gasteiger partial charge < -0.3 is 15.5 Å². The Bertz CT molecular complexity index is 797. The Morgan fingerprint density at radius 2 is 1.69 bits per heavy atom. The van der Waals surface area contributed by atoms with Crippen molar-refractivity contribution in [2.75, 3.05) is 38.1 Å². The van der Waals surface area contributed by atoms with E-state index in [4.69, 9.17) is 5.73 Å². The van der Waals surface area contributed by atoms with E-state index in [9.17, 15) is 9.59 Å². The van der Waals surface area contributed by atoms with Crippen LogP contribution in [0.2, 0.25) is 0 Å². The maximum Gasteiger partial charge on any atom is 0.236 e. The summed E-state index contributed by atoms with van der Waals surface area (Å²) in [7, 11) is 2.03. The second kappa shape index (κ2) is 10.1. The monoisotopic (exact) mass is 394 g/mol. The minimum atomic E-state index is -0.445. The van der Waals surface area contributed by atoms with Crippen molar-refractivity contribution in [3.8, 4) is 0 Å². The highest BCUT2D eigenvalue weighted by Crippen LogP contribution is 2.16. The Hall–Kier alpha value is -2.86. The fraction of sp³-hybridized carbons (Fsp3) is 0.391. The number of nitrogens with two attached hydrogens (primary N) is 1. The first kappa shape index (κ1) is 20.9. The van der Waals surface area contributed by atoms with Gasteiger partial charge in [-0.25, -0.2) is 0 Å². The number of anilines is 1. The summed E-state index contributed by atoms with van der Waals surface area (Å²) >= 11 is 0. The van der Waals surface area contributed by atoms with E-state index in [1.807, 2.05) is 55.6 Å². The molecular formula is C23H30N4O2. The van der Waals surface area contributed by atoms with Gasteiger partial charge in [0.1, 0.15) is 6.04 Å². The van der Waals surface area contributed by atoms with Crippen molar-refractivity contribution in [2.45, 2.75) is 25.4 Å². The van der Waals surface area contributed by atoms with Crippen LogP contribution >= 0.6 is 0 Å². The van der Waals surface area contributed by atoms with Crippen LogP contribution in [0.15, 0.2) is 60.7 Å². The molecule has 0 radical (unpaired) electrons. The predicted molar refractivity (Wildman–Crippen MR) is 115 cm³/mol. The van der Waals surface area contributed by atoms with Crippen LogP contribution in [0.1, 0.15) is 18.4 Å². The first-order valence-electron chi connectivity index (χ1n) is 10.2. The van der Waals surface area contributed by atoms with Gasteiger partial charge in [0.2, 0.25) is 11.8 Å². The van der Waals surface area contributed by atoms with Crippen molar-refractivity contribution in [2.24, 2.45) is 5.73 Å². The number of carbonyl (C=O) groups excluding carboxylic acids is 2. The van der Waals surface area contributed by atoms with Gasteiger partial charge in [0.05, 0.1) is 0 Å². The van der Waals surface area contributed by atoms with Gasteiger partial charge in [-0.3, -0.25) is 14.5 Å². The number of primary amides is 1.